The number of aryl methyl sites for hydroxylation is 2. The number of rotatable bonds is 4. The molecule has 122 valence electrons. The maximum Gasteiger partial charge on any atom is 0.276 e. The SMILES string of the molecule is Cc1ccc(CO)cc1NC(=O)c1cc(C)n(-c2ccccc2)n1. The fourth-order valence-corrected chi connectivity index (χ4v) is 2.50. The molecule has 0 atom stereocenters. The number of para-hydroxylation sites is 1. The zero-order valence-electron chi connectivity index (χ0n) is 13.7. The fourth-order valence-electron chi connectivity index (χ4n) is 2.50. The number of aliphatic hydroxyl groups is 1. The molecule has 0 saturated heterocycles. The van der Waals surface area contributed by atoms with Crippen molar-refractivity contribution in [2.45, 2.75) is 20.5 Å². The van der Waals surface area contributed by atoms with Gasteiger partial charge < -0.3 is 10.4 Å². The minimum Gasteiger partial charge on any atom is -0.392 e. The van der Waals surface area contributed by atoms with Crippen molar-refractivity contribution in [3.63, 3.8) is 0 Å². The average Bonchev–Trinajstić information content (AvgIpc) is 2.99. The third kappa shape index (κ3) is 3.21. The molecule has 1 aromatic heterocycles. The van der Waals surface area contributed by atoms with E-state index in [-0.39, 0.29) is 12.5 Å². The van der Waals surface area contributed by atoms with Crippen LogP contribution in [0.15, 0.2) is 54.6 Å². The van der Waals surface area contributed by atoms with E-state index in [0.717, 1.165) is 22.5 Å². The van der Waals surface area contributed by atoms with Gasteiger partial charge in [-0.05, 0) is 49.2 Å². The van der Waals surface area contributed by atoms with Gasteiger partial charge in [-0.15, -0.1) is 0 Å². The largest absolute Gasteiger partial charge is 0.392 e. The molecule has 5 nitrogen and oxygen atoms in total. The highest BCUT2D eigenvalue weighted by Gasteiger charge is 2.14. The number of hydrogen-bond acceptors (Lipinski definition) is 3. The van der Waals surface area contributed by atoms with Crippen LogP contribution in [-0.2, 0) is 6.61 Å². The van der Waals surface area contributed by atoms with Crippen LogP contribution in [0.4, 0.5) is 5.69 Å². The van der Waals surface area contributed by atoms with Gasteiger partial charge in [-0.25, -0.2) is 4.68 Å². The summed E-state index contributed by atoms with van der Waals surface area (Å²) < 4.78 is 1.74. The van der Waals surface area contributed by atoms with Gasteiger partial charge in [0.2, 0.25) is 0 Å². The van der Waals surface area contributed by atoms with Gasteiger partial charge in [-0.2, -0.15) is 5.10 Å². The van der Waals surface area contributed by atoms with Crippen LogP contribution in [0.25, 0.3) is 5.69 Å². The lowest BCUT2D eigenvalue weighted by Crippen LogP contribution is -2.14. The first-order valence-corrected chi connectivity index (χ1v) is 7.72. The Balaban J connectivity index is 1.86. The summed E-state index contributed by atoms with van der Waals surface area (Å²) in [4.78, 5) is 12.5. The molecule has 5 heteroatoms. The maximum absolute atomic E-state index is 12.5. The Labute approximate surface area is 140 Å². The van der Waals surface area contributed by atoms with E-state index in [0.29, 0.717) is 11.4 Å². The Hall–Kier alpha value is -2.92. The van der Waals surface area contributed by atoms with Crippen molar-refractivity contribution in [2.75, 3.05) is 5.32 Å². The van der Waals surface area contributed by atoms with Gasteiger partial charge in [0.25, 0.3) is 5.91 Å². The summed E-state index contributed by atoms with van der Waals surface area (Å²) in [6.07, 6.45) is 0. The second-order valence-electron chi connectivity index (χ2n) is 5.68. The normalized spacial score (nSPS) is 10.6. The van der Waals surface area contributed by atoms with E-state index in [1.165, 1.54) is 0 Å². The average molecular weight is 321 g/mol. The topological polar surface area (TPSA) is 67.2 Å². The Bertz CT molecular complexity index is 870. The molecule has 0 aliphatic heterocycles. The number of carbonyl (C=O) groups is 1. The summed E-state index contributed by atoms with van der Waals surface area (Å²) in [5.74, 6) is -0.272. The molecule has 0 saturated carbocycles. The molecule has 1 heterocycles. The molecular formula is C19H19N3O2. The van der Waals surface area contributed by atoms with Crippen molar-refractivity contribution in [1.29, 1.82) is 0 Å². The van der Waals surface area contributed by atoms with E-state index in [4.69, 9.17) is 0 Å². The molecule has 3 aromatic rings. The van der Waals surface area contributed by atoms with E-state index in [2.05, 4.69) is 10.4 Å². The van der Waals surface area contributed by atoms with Crippen molar-refractivity contribution in [2.24, 2.45) is 0 Å². The van der Waals surface area contributed by atoms with Crippen LogP contribution in [-0.4, -0.2) is 20.8 Å². The van der Waals surface area contributed by atoms with Gasteiger partial charge >= 0.3 is 0 Å². The number of aliphatic hydroxyl groups excluding tert-OH is 1. The molecule has 1 amide bonds. The number of aromatic nitrogens is 2. The minimum absolute atomic E-state index is 0.0646. The second kappa shape index (κ2) is 6.68. The molecule has 0 aliphatic carbocycles. The lowest BCUT2D eigenvalue weighted by molar-refractivity contribution is 0.102. The maximum atomic E-state index is 12.5. The predicted octanol–water partition coefficient (Wildman–Crippen LogP) is 3.23. The molecule has 0 unspecified atom stereocenters. The van der Waals surface area contributed by atoms with Gasteiger partial charge in [-0.1, -0.05) is 30.3 Å². The third-order valence-electron chi connectivity index (χ3n) is 3.85. The monoisotopic (exact) mass is 321 g/mol. The molecule has 3 rings (SSSR count). The van der Waals surface area contributed by atoms with Crippen LogP contribution in [0.5, 0.6) is 0 Å². The lowest BCUT2D eigenvalue weighted by atomic mass is 10.1. The summed E-state index contributed by atoms with van der Waals surface area (Å²) in [5, 5.41) is 16.5. The predicted molar refractivity (Wildman–Crippen MR) is 93.4 cm³/mol. The van der Waals surface area contributed by atoms with Gasteiger partial charge in [-0.3, -0.25) is 4.79 Å². The highest BCUT2D eigenvalue weighted by molar-refractivity contribution is 6.03. The first-order valence-electron chi connectivity index (χ1n) is 7.72. The minimum atomic E-state index is -0.272. The number of benzene rings is 2. The van der Waals surface area contributed by atoms with Crippen LogP contribution < -0.4 is 5.32 Å². The van der Waals surface area contributed by atoms with Crippen LogP contribution in [0.2, 0.25) is 0 Å². The fraction of sp³-hybridized carbons (Fsp3) is 0.158. The molecule has 0 aliphatic rings. The molecule has 24 heavy (non-hydrogen) atoms. The molecule has 0 bridgehead atoms. The van der Waals surface area contributed by atoms with Crippen molar-refractivity contribution in [3.8, 4) is 5.69 Å². The van der Waals surface area contributed by atoms with Crippen LogP contribution in [0, 0.1) is 13.8 Å². The Morgan fingerprint density at radius 1 is 1.12 bits per heavy atom. The van der Waals surface area contributed by atoms with E-state index in [9.17, 15) is 9.90 Å². The molecular weight excluding hydrogens is 302 g/mol. The summed E-state index contributed by atoms with van der Waals surface area (Å²) in [5.41, 5.74) is 4.50. The van der Waals surface area contributed by atoms with Crippen molar-refractivity contribution in [1.82, 2.24) is 9.78 Å². The Morgan fingerprint density at radius 3 is 2.58 bits per heavy atom. The zero-order valence-corrected chi connectivity index (χ0v) is 13.7. The second-order valence-corrected chi connectivity index (χ2v) is 5.68. The number of nitrogens with one attached hydrogen (secondary N) is 1. The number of anilines is 1. The number of amides is 1. The van der Waals surface area contributed by atoms with Crippen molar-refractivity contribution >= 4 is 11.6 Å². The van der Waals surface area contributed by atoms with Gasteiger partial charge in [0, 0.05) is 11.4 Å². The smallest absolute Gasteiger partial charge is 0.276 e. The Kier molecular flexibility index (Phi) is 4.44. The number of hydrogen-bond donors (Lipinski definition) is 2. The standard InChI is InChI=1S/C19H19N3O2/c1-13-8-9-15(12-23)11-17(13)20-19(24)18-10-14(2)22(21-18)16-6-4-3-5-7-16/h3-11,23H,12H2,1-2H3,(H,20,24). The molecule has 0 fully saturated rings. The van der Waals surface area contributed by atoms with E-state index in [1.807, 2.05) is 56.3 Å². The van der Waals surface area contributed by atoms with E-state index in [1.54, 1.807) is 16.8 Å². The highest BCUT2D eigenvalue weighted by atomic mass is 16.3. The van der Waals surface area contributed by atoms with Crippen LogP contribution >= 0.6 is 0 Å². The first-order chi connectivity index (χ1) is 11.6. The molecule has 0 radical (unpaired) electrons. The zero-order chi connectivity index (χ0) is 17.1. The summed E-state index contributed by atoms with van der Waals surface area (Å²) in [6.45, 7) is 3.75. The van der Waals surface area contributed by atoms with Crippen LogP contribution in [0.1, 0.15) is 27.3 Å². The van der Waals surface area contributed by atoms with Gasteiger partial charge in [0.15, 0.2) is 5.69 Å². The Morgan fingerprint density at radius 2 is 1.88 bits per heavy atom. The van der Waals surface area contributed by atoms with Crippen molar-refractivity contribution < 1.29 is 9.90 Å². The summed E-state index contributed by atoms with van der Waals surface area (Å²) in [7, 11) is 0. The number of carbonyl (C=O) groups excluding carboxylic acids is 1. The summed E-state index contributed by atoms with van der Waals surface area (Å²) >= 11 is 0. The highest BCUT2D eigenvalue weighted by Crippen LogP contribution is 2.19. The lowest BCUT2D eigenvalue weighted by Gasteiger charge is -2.08. The van der Waals surface area contributed by atoms with Gasteiger partial charge in [0.1, 0.15) is 0 Å². The molecule has 0 spiro atoms. The quantitative estimate of drug-likeness (QED) is 0.775. The van der Waals surface area contributed by atoms with E-state index >= 15 is 0 Å². The van der Waals surface area contributed by atoms with E-state index < -0.39 is 0 Å². The van der Waals surface area contributed by atoms with Crippen LogP contribution in [0.3, 0.4) is 0 Å². The summed E-state index contributed by atoms with van der Waals surface area (Å²) in [6, 6.07) is 16.9. The van der Waals surface area contributed by atoms with Gasteiger partial charge in [0.05, 0.1) is 12.3 Å². The molecule has 2 N–H and O–H groups in total. The first kappa shape index (κ1) is 16.0. The van der Waals surface area contributed by atoms with Crippen molar-refractivity contribution in [3.05, 3.63) is 77.1 Å². The number of nitrogens with zero attached hydrogens (tertiary/aromatic N) is 2. The molecule has 2 aromatic carbocycles. The third-order valence-corrected chi connectivity index (χ3v) is 3.85.